The fraction of sp³-hybridized carbons (Fsp3) is 0.222. The number of nitrogens with two attached hydrogens (primary N) is 1. The van der Waals surface area contributed by atoms with E-state index in [1.165, 1.54) is 25.1 Å². The van der Waals surface area contributed by atoms with Gasteiger partial charge in [-0.15, -0.1) is 0 Å². The molecule has 0 aliphatic heterocycles. The fourth-order valence-electron chi connectivity index (χ4n) is 1.13. The summed E-state index contributed by atoms with van der Waals surface area (Å²) in [7, 11) is 0. The lowest BCUT2D eigenvalue weighted by Crippen LogP contribution is -2.31. The zero-order chi connectivity index (χ0) is 10.8. The molecular formula is C9H9N3O2. The van der Waals surface area contributed by atoms with Gasteiger partial charge in [0.05, 0.1) is 16.6 Å². The molecule has 72 valence electrons. The predicted molar refractivity (Wildman–Crippen MR) is 50.2 cm³/mol. The van der Waals surface area contributed by atoms with E-state index in [4.69, 9.17) is 11.0 Å². The van der Waals surface area contributed by atoms with Crippen molar-refractivity contribution in [2.75, 3.05) is 0 Å². The van der Waals surface area contributed by atoms with Gasteiger partial charge in [-0.05, 0) is 13.0 Å². The van der Waals surface area contributed by atoms with Crippen LogP contribution in [0.25, 0.3) is 0 Å². The standard InChI is InChI=1S/C9H9N3O2/c1-9(11,6-10)7-4-2-3-5-8(7)12(13)14/h2-5H,11H2,1H3. The third-order valence-corrected chi connectivity index (χ3v) is 1.89. The van der Waals surface area contributed by atoms with E-state index in [0.29, 0.717) is 0 Å². The number of nitrogens with zero attached hydrogens (tertiary/aromatic N) is 2. The number of nitro benzene ring substituents is 1. The molecule has 0 aliphatic rings. The van der Waals surface area contributed by atoms with E-state index in [9.17, 15) is 10.1 Å². The number of rotatable bonds is 2. The second-order valence-electron chi connectivity index (χ2n) is 3.09. The molecule has 1 unspecified atom stereocenters. The second-order valence-corrected chi connectivity index (χ2v) is 3.09. The molecule has 0 bridgehead atoms. The third-order valence-electron chi connectivity index (χ3n) is 1.89. The number of para-hydroxylation sites is 1. The van der Waals surface area contributed by atoms with Gasteiger partial charge in [0.15, 0.2) is 0 Å². The monoisotopic (exact) mass is 191 g/mol. The van der Waals surface area contributed by atoms with Gasteiger partial charge in [0, 0.05) is 6.07 Å². The summed E-state index contributed by atoms with van der Waals surface area (Å²) >= 11 is 0. The minimum absolute atomic E-state index is 0.126. The van der Waals surface area contributed by atoms with Crippen molar-refractivity contribution in [2.45, 2.75) is 12.5 Å². The van der Waals surface area contributed by atoms with Crippen molar-refractivity contribution in [2.24, 2.45) is 5.73 Å². The number of hydrogen-bond acceptors (Lipinski definition) is 4. The molecule has 0 aromatic heterocycles. The number of hydrogen-bond donors (Lipinski definition) is 1. The summed E-state index contributed by atoms with van der Waals surface area (Å²) in [6.45, 7) is 1.44. The molecule has 14 heavy (non-hydrogen) atoms. The van der Waals surface area contributed by atoms with Crippen LogP contribution in [-0.4, -0.2) is 4.92 Å². The van der Waals surface area contributed by atoms with Crippen LogP contribution in [0.1, 0.15) is 12.5 Å². The Balaban J connectivity index is 3.36. The Kier molecular flexibility index (Phi) is 2.49. The van der Waals surface area contributed by atoms with Gasteiger partial charge in [0.1, 0.15) is 5.54 Å². The largest absolute Gasteiger partial charge is 0.310 e. The Morgan fingerprint density at radius 1 is 1.57 bits per heavy atom. The van der Waals surface area contributed by atoms with Crippen LogP contribution in [0.3, 0.4) is 0 Å². The number of nitro groups is 1. The van der Waals surface area contributed by atoms with Crippen molar-refractivity contribution in [1.29, 1.82) is 5.26 Å². The average molecular weight is 191 g/mol. The summed E-state index contributed by atoms with van der Waals surface area (Å²) in [6.07, 6.45) is 0. The number of benzene rings is 1. The van der Waals surface area contributed by atoms with Gasteiger partial charge in [-0.2, -0.15) is 5.26 Å². The van der Waals surface area contributed by atoms with E-state index in [-0.39, 0.29) is 11.3 Å². The molecule has 5 nitrogen and oxygen atoms in total. The fourth-order valence-corrected chi connectivity index (χ4v) is 1.13. The summed E-state index contributed by atoms with van der Waals surface area (Å²) in [4.78, 5) is 10.1. The Labute approximate surface area is 80.9 Å². The molecule has 0 spiro atoms. The maximum absolute atomic E-state index is 10.6. The van der Waals surface area contributed by atoms with E-state index in [0.717, 1.165) is 0 Å². The van der Waals surface area contributed by atoms with E-state index in [1.807, 2.05) is 6.07 Å². The maximum Gasteiger partial charge on any atom is 0.275 e. The molecule has 1 aromatic rings. The SMILES string of the molecule is CC(N)(C#N)c1ccccc1[N+](=O)[O-]. The molecule has 1 atom stereocenters. The van der Waals surface area contributed by atoms with E-state index in [2.05, 4.69) is 0 Å². The zero-order valence-corrected chi connectivity index (χ0v) is 7.60. The minimum Gasteiger partial charge on any atom is -0.310 e. The van der Waals surface area contributed by atoms with Crippen molar-refractivity contribution >= 4 is 5.69 Å². The lowest BCUT2D eigenvalue weighted by atomic mass is 9.93. The van der Waals surface area contributed by atoms with Crippen molar-refractivity contribution in [3.63, 3.8) is 0 Å². The second kappa shape index (κ2) is 3.44. The lowest BCUT2D eigenvalue weighted by Gasteiger charge is -2.15. The highest BCUT2D eigenvalue weighted by Gasteiger charge is 2.28. The molecule has 0 fully saturated rings. The van der Waals surface area contributed by atoms with Gasteiger partial charge < -0.3 is 5.73 Å². The van der Waals surface area contributed by atoms with Crippen LogP contribution in [0.15, 0.2) is 24.3 Å². The Morgan fingerprint density at radius 3 is 2.64 bits per heavy atom. The highest BCUT2D eigenvalue weighted by Crippen LogP contribution is 2.26. The smallest absolute Gasteiger partial charge is 0.275 e. The van der Waals surface area contributed by atoms with E-state index < -0.39 is 10.5 Å². The molecule has 0 aliphatic carbocycles. The topological polar surface area (TPSA) is 93.0 Å². The van der Waals surface area contributed by atoms with E-state index >= 15 is 0 Å². The highest BCUT2D eigenvalue weighted by molar-refractivity contribution is 5.46. The van der Waals surface area contributed by atoms with Crippen LogP contribution in [-0.2, 0) is 5.54 Å². The normalized spacial score (nSPS) is 14.1. The van der Waals surface area contributed by atoms with Crippen LogP contribution in [0.4, 0.5) is 5.69 Å². The third kappa shape index (κ3) is 1.70. The van der Waals surface area contributed by atoms with E-state index in [1.54, 1.807) is 6.07 Å². The van der Waals surface area contributed by atoms with Gasteiger partial charge >= 0.3 is 0 Å². The molecule has 0 saturated heterocycles. The summed E-state index contributed by atoms with van der Waals surface area (Å²) in [5.74, 6) is 0. The van der Waals surface area contributed by atoms with Crippen LogP contribution >= 0.6 is 0 Å². The number of nitriles is 1. The zero-order valence-electron chi connectivity index (χ0n) is 7.60. The molecular weight excluding hydrogens is 182 g/mol. The molecule has 5 heteroatoms. The highest BCUT2D eigenvalue weighted by atomic mass is 16.6. The lowest BCUT2D eigenvalue weighted by molar-refractivity contribution is -0.385. The summed E-state index contributed by atoms with van der Waals surface area (Å²) in [5, 5.41) is 19.4. The first-order valence-corrected chi connectivity index (χ1v) is 3.93. The molecule has 1 aromatic carbocycles. The first-order chi connectivity index (χ1) is 6.49. The average Bonchev–Trinajstić information content (AvgIpc) is 2.18. The van der Waals surface area contributed by atoms with Gasteiger partial charge in [-0.3, -0.25) is 10.1 Å². The molecule has 0 saturated carbocycles. The van der Waals surface area contributed by atoms with Gasteiger partial charge in [-0.1, -0.05) is 12.1 Å². The van der Waals surface area contributed by atoms with Crippen molar-refractivity contribution < 1.29 is 4.92 Å². The molecule has 1 rings (SSSR count). The quantitative estimate of drug-likeness (QED) is 0.563. The van der Waals surface area contributed by atoms with Crippen LogP contribution in [0.2, 0.25) is 0 Å². The minimum atomic E-state index is -1.33. The van der Waals surface area contributed by atoms with Gasteiger partial charge in [-0.25, -0.2) is 0 Å². The Hall–Kier alpha value is -1.93. The molecule has 0 amide bonds. The first kappa shape index (κ1) is 10.2. The first-order valence-electron chi connectivity index (χ1n) is 3.93. The van der Waals surface area contributed by atoms with Crippen molar-refractivity contribution in [1.82, 2.24) is 0 Å². The van der Waals surface area contributed by atoms with Crippen LogP contribution in [0.5, 0.6) is 0 Å². The summed E-state index contributed by atoms with van der Waals surface area (Å²) < 4.78 is 0. The van der Waals surface area contributed by atoms with Crippen molar-refractivity contribution in [3.05, 3.63) is 39.9 Å². The van der Waals surface area contributed by atoms with Crippen LogP contribution < -0.4 is 5.73 Å². The van der Waals surface area contributed by atoms with Gasteiger partial charge in [0.25, 0.3) is 5.69 Å². The molecule has 0 radical (unpaired) electrons. The Bertz CT molecular complexity index is 407. The summed E-state index contributed by atoms with van der Waals surface area (Å²) in [6, 6.07) is 7.80. The van der Waals surface area contributed by atoms with Gasteiger partial charge in [0.2, 0.25) is 0 Å². The predicted octanol–water partition coefficient (Wildman–Crippen LogP) is 1.29. The van der Waals surface area contributed by atoms with Crippen LogP contribution in [0, 0.1) is 21.4 Å². The maximum atomic E-state index is 10.6. The van der Waals surface area contributed by atoms with Crippen molar-refractivity contribution in [3.8, 4) is 6.07 Å². The Morgan fingerprint density at radius 2 is 2.14 bits per heavy atom. The summed E-state index contributed by atoms with van der Waals surface area (Å²) in [5.41, 5.74) is 4.38. The molecule has 0 heterocycles. The molecule has 2 N–H and O–H groups in total.